The van der Waals surface area contributed by atoms with Crippen LogP contribution in [-0.4, -0.2) is 40.3 Å². The second kappa shape index (κ2) is 2.57. The van der Waals surface area contributed by atoms with Gasteiger partial charge >= 0.3 is 0 Å². The van der Waals surface area contributed by atoms with E-state index in [1.807, 2.05) is 0 Å². The van der Waals surface area contributed by atoms with Gasteiger partial charge in [0.15, 0.2) is 0 Å². The number of quaternary nitrogens is 1. The molecule has 0 fully saturated rings. The lowest BCUT2D eigenvalue weighted by Gasteiger charge is -2.17. The van der Waals surface area contributed by atoms with Crippen molar-refractivity contribution in [3.05, 3.63) is 12.4 Å². The summed E-state index contributed by atoms with van der Waals surface area (Å²) < 4.78 is -0.142. The second-order valence-electron chi connectivity index (χ2n) is 2.75. The molecule has 0 aromatic carbocycles. The monoisotopic (exact) mass is 145 g/mol. The van der Waals surface area contributed by atoms with Gasteiger partial charge in [0, 0.05) is 6.42 Å². The van der Waals surface area contributed by atoms with E-state index in [4.69, 9.17) is 5.21 Å². The minimum atomic E-state index is -0.142. The first-order valence-electron chi connectivity index (χ1n) is 3.33. The highest BCUT2D eigenvalue weighted by molar-refractivity contribution is 4.71. The van der Waals surface area contributed by atoms with Crippen molar-refractivity contribution in [2.24, 2.45) is 0 Å². The average molecular weight is 145 g/mol. The van der Waals surface area contributed by atoms with Gasteiger partial charge < -0.3 is 0 Å². The van der Waals surface area contributed by atoms with Crippen LogP contribution in [0.3, 0.4) is 0 Å². The molecule has 0 amide bonds. The molecule has 4 nitrogen and oxygen atoms in total. The molecule has 2 N–H and O–H groups in total. The molecular formula is C6H13N2O2+. The van der Waals surface area contributed by atoms with Gasteiger partial charge in [0.05, 0.1) is 12.7 Å². The molecule has 0 spiro atoms. The van der Waals surface area contributed by atoms with E-state index in [-0.39, 0.29) is 4.65 Å². The van der Waals surface area contributed by atoms with Gasteiger partial charge in [0.2, 0.25) is 0 Å². The number of hydrogen-bond acceptors (Lipinski definition) is 3. The number of rotatable bonds is 0. The summed E-state index contributed by atoms with van der Waals surface area (Å²) in [5.41, 5.74) is 0. The van der Waals surface area contributed by atoms with Crippen LogP contribution < -0.4 is 0 Å². The van der Waals surface area contributed by atoms with Gasteiger partial charge in [-0.15, -0.1) is 0 Å². The standard InChI is InChI=1S/C6H13N2O2/c1-8(10)5-2-3-7(9)4-6-8/h4,6,9-10H,2-3,5H2,1H3/q+1. The Hall–Kier alpha value is -0.580. The largest absolute Gasteiger partial charge is 0.289 e. The highest BCUT2D eigenvalue weighted by Gasteiger charge is 2.18. The number of nitrogens with zero attached hydrogens (tertiary/aromatic N) is 2. The summed E-state index contributed by atoms with van der Waals surface area (Å²) in [7, 11) is 1.68. The molecule has 0 bridgehead atoms. The molecular weight excluding hydrogens is 132 g/mol. The van der Waals surface area contributed by atoms with Crippen LogP contribution >= 0.6 is 0 Å². The summed E-state index contributed by atoms with van der Waals surface area (Å²) in [6.07, 6.45) is 3.82. The van der Waals surface area contributed by atoms with Gasteiger partial charge in [-0.05, 0) is 0 Å². The predicted molar refractivity (Wildman–Crippen MR) is 35.1 cm³/mol. The van der Waals surface area contributed by atoms with Crippen LogP contribution in [0, 0.1) is 0 Å². The summed E-state index contributed by atoms with van der Waals surface area (Å²) in [4.78, 5) is 0. The predicted octanol–water partition coefficient (Wildman–Crippen LogP) is 0.388. The molecule has 58 valence electrons. The van der Waals surface area contributed by atoms with E-state index in [0.29, 0.717) is 13.1 Å². The van der Waals surface area contributed by atoms with E-state index < -0.39 is 0 Å². The van der Waals surface area contributed by atoms with E-state index in [0.717, 1.165) is 11.5 Å². The summed E-state index contributed by atoms with van der Waals surface area (Å²) in [6, 6.07) is 0. The molecule has 0 radical (unpaired) electrons. The Balaban J connectivity index is 2.59. The van der Waals surface area contributed by atoms with Gasteiger partial charge in [-0.2, -0.15) is 4.65 Å². The Morgan fingerprint density at radius 3 is 3.00 bits per heavy atom. The molecule has 1 rings (SSSR count). The minimum absolute atomic E-state index is 0.142. The van der Waals surface area contributed by atoms with E-state index in [9.17, 15) is 5.21 Å². The van der Waals surface area contributed by atoms with E-state index in [1.165, 1.54) is 6.20 Å². The zero-order chi connectivity index (χ0) is 7.61. The fourth-order valence-electron chi connectivity index (χ4n) is 0.922. The third-order valence-electron chi connectivity index (χ3n) is 1.56. The first kappa shape index (κ1) is 7.53. The molecule has 1 atom stereocenters. The third kappa shape index (κ3) is 1.98. The summed E-state index contributed by atoms with van der Waals surface area (Å²) in [5, 5.41) is 19.4. The molecule has 10 heavy (non-hydrogen) atoms. The Kier molecular flexibility index (Phi) is 1.94. The lowest BCUT2D eigenvalue weighted by Crippen LogP contribution is -2.34. The summed E-state index contributed by atoms with van der Waals surface area (Å²) in [5.74, 6) is 0. The highest BCUT2D eigenvalue weighted by atomic mass is 16.5. The van der Waals surface area contributed by atoms with Gasteiger partial charge in [-0.1, -0.05) is 0 Å². The van der Waals surface area contributed by atoms with E-state index >= 15 is 0 Å². The lowest BCUT2D eigenvalue weighted by molar-refractivity contribution is -1.05. The van der Waals surface area contributed by atoms with Crippen LogP contribution in [-0.2, 0) is 0 Å². The molecule has 0 saturated heterocycles. The summed E-state index contributed by atoms with van der Waals surface area (Å²) in [6.45, 7) is 1.23. The molecule has 1 heterocycles. The molecule has 1 aliphatic heterocycles. The molecule has 0 aromatic rings. The van der Waals surface area contributed by atoms with Crippen molar-refractivity contribution >= 4 is 0 Å². The smallest absolute Gasteiger partial charge is 0.147 e. The van der Waals surface area contributed by atoms with Crippen molar-refractivity contribution in [2.45, 2.75) is 6.42 Å². The van der Waals surface area contributed by atoms with E-state index in [2.05, 4.69) is 0 Å². The quantitative estimate of drug-likeness (QED) is 0.484. The minimum Gasteiger partial charge on any atom is -0.289 e. The first-order chi connectivity index (χ1) is 4.60. The maximum atomic E-state index is 9.39. The Morgan fingerprint density at radius 2 is 2.30 bits per heavy atom. The molecule has 0 aliphatic carbocycles. The maximum Gasteiger partial charge on any atom is 0.147 e. The van der Waals surface area contributed by atoms with Gasteiger partial charge in [0.25, 0.3) is 0 Å². The van der Waals surface area contributed by atoms with Crippen LogP contribution in [0.5, 0.6) is 0 Å². The van der Waals surface area contributed by atoms with Crippen LogP contribution in [0.25, 0.3) is 0 Å². The van der Waals surface area contributed by atoms with Crippen molar-refractivity contribution in [1.82, 2.24) is 5.06 Å². The molecule has 0 saturated carbocycles. The van der Waals surface area contributed by atoms with Crippen molar-refractivity contribution in [3.63, 3.8) is 0 Å². The Labute approximate surface area is 60.1 Å². The number of hydroxylamine groups is 5. The van der Waals surface area contributed by atoms with Crippen LogP contribution in [0.1, 0.15) is 6.42 Å². The molecule has 4 heteroatoms. The Morgan fingerprint density at radius 1 is 1.60 bits per heavy atom. The first-order valence-corrected chi connectivity index (χ1v) is 3.33. The number of hydrogen-bond donors (Lipinski definition) is 2. The molecule has 0 aromatic heterocycles. The summed E-state index contributed by atoms with van der Waals surface area (Å²) >= 11 is 0. The maximum absolute atomic E-state index is 9.39. The zero-order valence-corrected chi connectivity index (χ0v) is 6.06. The zero-order valence-electron chi connectivity index (χ0n) is 6.06. The van der Waals surface area contributed by atoms with Crippen molar-refractivity contribution in [1.29, 1.82) is 0 Å². The van der Waals surface area contributed by atoms with Gasteiger partial charge in [-0.25, -0.2) is 5.21 Å². The SMILES string of the molecule is C[N+]1(O)C=CN(O)CCC1. The highest BCUT2D eigenvalue weighted by Crippen LogP contribution is 2.05. The average Bonchev–Trinajstić information content (AvgIpc) is 1.94. The third-order valence-corrected chi connectivity index (χ3v) is 1.56. The van der Waals surface area contributed by atoms with Crippen LogP contribution in [0.15, 0.2) is 12.4 Å². The van der Waals surface area contributed by atoms with Crippen LogP contribution in [0.4, 0.5) is 0 Å². The van der Waals surface area contributed by atoms with E-state index in [1.54, 1.807) is 13.2 Å². The van der Waals surface area contributed by atoms with Crippen molar-refractivity contribution in [3.8, 4) is 0 Å². The normalized spacial score (nSPS) is 34.1. The van der Waals surface area contributed by atoms with Gasteiger partial charge in [-0.3, -0.25) is 10.3 Å². The van der Waals surface area contributed by atoms with Crippen molar-refractivity contribution < 1.29 is 15.1 Å². The Bertz CT molecular complexity index is 145. The van der Waals surface area contributed by atoms with Crippen LogP contribution in [0.2, 0.25) is 0 Å². The fourth-order valence-corrected chi connectivity index (χ4v) is 0.922. The molecule has 1 aliphatic rings. The topological polar surface area (TPSA) is 43.7 Å². The molecule has 1 unspecified atom stereocenters. The lowest BCUT2D eigenvalue weighted by atomic mass is 10.4. The van der Waals surface area contributed by atoms with Gasteiger partial charge in [0.1, 0.15) is 19.8 Å². The second-order valence-corrected chi connectivity index (χ2v) is 2.75. The van der Waals surface area contributed by atoms with Crippen molar-refractivity contribution in [2.75, 3.05) is 20.1 Å². The fraction of sp³-hybridized carbons (Fsp3) is 0.667.